The minimum atomic E-state index is 1.12. The summed E-state index contributed by atoms with van der Waals surface area (Å²) in [4.78, 5) is 2.27. The fourth-order valence-electron chi connectivity index (χ4n) is 2.60. The first-order chi connectivity index (χ1) is 10.8. The van der Waals surface area contributed by atoms with Crippen molar-refractivity contribution in [2.24, 2.45) is 0 Å². The highest BCUT2D eigenvalue weighted by Crippen LogP contribution is 2.37. The highest BCUT2D eigenvalue weighted by atomic mass is 15.1. The smallest absolute Gasteiger partial charge is 0.0536 e. The van der Waals surface area contributed by atoms with Crippen LogP contribution in [0.25, 0.3) is 6.08 Å². The second-order valence-corrected chi connectivity index (χ2v) is 5.27. The van der Waals surface area contributed by atoms with Gasteiger partial charge in [-0.15, -0.1) is 0 Å². The van der Waals surface area contributed by atoms with Crippen molar-refractivity contribution >= 4 is 23.1 Å². The SMILES string of the molecule is C=Cc1ccc(C)cc1N(c1ccccc1)c1ccccc1. The van der Waals surface area contributed by atoms with E-state index in [9.17, 15) is 0 Å². The van der Waals surface area contributed by atoms with Crippen LogP contribution in [0.5, 0.6) is 0 Å². The van der Waals surface area contributed by atoms with E-state index >= 15 is 0 Å². The molecule has 0 saturated heterocycles. The highest BCUT2D eigenvalue weighted by molar-refractivity contribution is 5.82. The number of rotatable bonds is 4. The molecule has 0 heterocycles. The zero-order valence-electron chi connectivity index (χ0n) is 12.7. The van der Waals surface area contributed by atoms with Crippen LogP contribution in [0.3, 0.4) is 0 Å². The third kappa shape index (κ3) is 2.79. The summed E-state index contributed by atoms with van der Waals surface area (Å²) in [6.45, 7) is 6.08. The second-order valence-electron chi connectivity index (χ2n) is 5.27. The number of hydrogen-bond donors (Lipinski definition) is 0. The molecule has 3 rings (SSSR count). The van der Waals surface area contributed by atoms with Crippen molar-refractivity contribution in [3.05, 3.63) is 96.6 Å². The van der Waals surface area contributed by atoms with Gasteiger partial charge in [-0.1, -0.05) is 61.2 Å². The van der Waals surface area contributed by atoms with Crippen LogP contribution >= 0.6 is 0 Å². The van der Waals surface area contributed by atoms with E-state index in [1.54, 1.807) is 0 Å². The standard InChI is InChI=1S/C21H19N/c1-3-18-15-14-17(2)16-21(18)22(19-10-6-4-7-11-19)20-12-8-5-9-13-20/h3-16H,1H2,2H3. The van der Waals surface area contributed by atoms with Crippen molar-refractivity contribution in [1.29, 1.82) is 0 Å². The molecule has 0 aliphatic rings. The number of nitrogens with zero attached hydrogens (tertiary/aromatic N) is 1. The first-order valence-corrected chi connectivity index (χ1v) is 7.43. The molecule has 22 heavy (non-hydrogen) atoms. The zero-order chi connectivity index (χ0) is 15.4. The number of aryl methyl sites for hydroxylation is 1. The molecule has 1 heteroatoms. The van der Waals surface area contributed by atoms with Gasteiger partial charge >= 0.3 is 0 Å². The number of anilines is 3. The molecule has 0 radical (unpaired) electrons. The molecule has 0 aliphatic carbocycles. The first-order valence-electron chi connectivity index (χ1n) is 7.43. The first kappa shape index (κ1) is 14.2. The third-order valence-corrected chi connectivity index (χ3v) is 3.68. The Morgan fingerprint density at radius 2 is 1.32 bits per heavy atom. The summed E-state index contributed by atoms with van der Waals surface area (Å²) >= 11 is 0. The van der Waals surface area contributed by atoms with Crippen LogP contribution in [-0.4, -0.2) is 0 Å². The molecule has 0 aromatic heterocycles. The minimum Gasteiger partial charge on any atom is -0.310 e. The summed E-state index contributed by atoms with van der Waals surface area (Å²) in [5.41, 5.74) is 5.79. The predicted octanol–water partition coefficient (Wildman–Crippen LogP) is 6.11. The predicted molar refractivity (Wildman–Crippen MR) is 96.0 cm³/mol. The van der Waals surface area contributed by atoms with Gasteiger partial charge in [-0.25, -0.2) is 0 Å². The maximum atomic E-state index is 3.96. The van der Waals surface area contributed by atoms with Gasteiger partial charge in [0.1, 0.15) is 0 Å². The molecule has 0 atom stereocenters. The Labute approximate surface area is 132 Å². The lowest BCUT2D eigenvalue weighted by Gasteiger charge is -2.27. The molecule has 0 spiro atoms. The summed E-state index contributed by atoms with van der Waals surface area (Å²) in [7, 11) is 0. The third-order valence-electron chi connectivity index (χ3n) is 3.68. The fourth-order valence-corrected chi connectivity index (χ4v) is 2.60. The zero-order valence-corrected chi connectivity index (χ0v) is 12.7. The van der Waals surface area contributed by atoms with E-state index in [-0.39, 0.29) is 0 Å². The van der Waals surface area contributed by atoms with E-state index in [0.717, 1.165) is 22.6 Å². The summed E-state index contributed by atoms with van der Waals surface area (Å²) in [6, 6.07) is 27.3. The monoisotopic (exact) mass is 285 g/mol. The summed E-state index contributed by atoms with van der Waals surface area (Å²) < 4.78 is 0. The van der Waals surface area contributed by atoms with Crippen LogP contribution in [0.1, 0.15) is 11.1 Å². The van der Waals surface area contributed by atoms with E-state index in [0.29, 0.717) is 0 Å². The number of hydrogen-bond acceptors (Lipinski definition) is 1. The van der Waals surface area contributed by atoms with E-state index in [4.69, 9.17) is 0 Å². The molecule has 1 nitrogen and oxygen atoms in total. The van der Waals surface area contributed by atoms with Gasteiger partial charge in [0.2, 0.25) is 0 Å². The molecular formula is C21H19N. The molecule has 0 N–H and O–H groups in total. The lowest BCUT2D eigenvalue weighted by atomic mass is 10.1. The van der Waals surface area contributed by atoms with Crippen molar-refractivity contribution in [3.8, 4) is 0 Å². The average Bonchev–Trinajstić information content (AvgIpc) is 2.57. The summed E-state index contributed by atoms with van der Waals surface area (Å²) in [5, 5.41) is 0. The van der Waals surface area contributed by atoms with Crippen molar-refractivity contribution in [2.75, 3.05) is 4.90 Å². The lowest BCUT2D eigenvalue weighted by Crippen LogP contribution is -2.11. The van der Waals surface area contributed by atoms with Crippen molar-refractivity contribution in [2.45, 2.75) is 6.92 Å². The van der Waals surface area contributed by atoms with Gasteiger partial charge < -0.3 is 4.90 Å². The molecule has 0 fully saturated rings. The minimum absolute atomic E-state index is 1.12. The summed E-state index contributed by atoms with van der Waals surface area (Å²) in [5.74, 6) is 0. The Kier molecular flexibility index (Phi) is 4.06. The van der Waals surface area contributed by atoms with Gasteiger partial charge in [-0.2, -0.15) is 0 Å². The van der Waals surface area contributed by atoms with E-state index in [1.807, 2.05) is 18.2 Å². The molecule has 108 valence electrons. The Balaban J connectivity index is 2.23. The molecule has 0 amide bonds. The van der Waals surface area contributed by atoms with E-state index in [1.165, 1.54) is 5.56 Å². The lowest BCUT2D eigenvalue weighted by molar-refractivity contribution is 1.26. The van der Waals surface area contributed by atoms with E-state index in [2.05, 4.69) is 85.1 Å². The van der Waals surface area contributed by atoms with Crippen LogP contribution in [-0.2, 0) is 0 Å². The Morgan fingerprint density at radius 1 is 0.773 bits per heavy atom. The van der Waals surface area contributed by atoms with Gasteiger partial charge in [0, 0.05) is 11.4 Å². The number of para-hydroxylation sites is 2. The Bertz CT molecular complexity index is 721. The van der Waals surface area contributed by atoms with E-state index < -0.39 is 0 Å². The van der Waals surface area contributed by atoms with Crippen LogP contribution in [0.4, 0.5) is 17.1 Å². The molecule has 0 unspecified atom stereocenters. The topological polar surface area (TPSA) is 3.24 Å². The normalized spacial score (nSPS) is 10.2. The highest BCUT2D eigenvalue weighted by Gasteiger charge is 2.14. The van der Waals surface area contributed by atoms with Crippen LogP contribution in [0, 0.1) is 6.92 Å². The van der Waals surface area contributed by atoms with Crippen molar-refractivity contribution in [1.82, 2.24) is 0 Å². The van der Waals surface area contributed by atoms with Crippen molar-refractivity contribution in [3.63, 3.8) is 0 Å². The summed E-state index contributed by atoms with van der Waals surface area (Å²) in [6.07, 6.45) is 1.91. The van der Waals surface area contributed by atoms with Crippen LogP contribution < -0.4 is 4.90 Å². The van der Waals surface area contributed by atoms with Gasteiger partial charge in [0.05, 0.1) is 5.69 Å². The molecule has 0 aliphatic heterocycles. The van der Waals surface area contributed by atoms with Gasteiger partial charge in [-0.05, 0) is 48.4 Å². The Hall–Kier alpha value is -2.80. The van der Waals surface area contributed by atoms with Gasteiger partial charge in [0.15, 0.2) is 0 Å². The Morgan fingerprint density at radius 3 is 1.82 bits per heavy atom. The van der Waals surface area contributed by atoms with Crippen LogP contribution in [0.15, 0.2) is 85.4 Å². The fraction of sp³-hybridized carbons (Fsp3) is 0.0476. The maximum Gasteiger partial charge on any atom is 0.0536 e. The molecule has 3 aromatic rings. The molecule has 3 aromatic carbocycles. The van der Waals surface area contributed by atoms with Crippen molar-refractivity contribution < 1.29 is 0 Å². The maximum absolute atomic E-state index is 3.96. The average molecular weight is 285 g/mol. The molecule has 0 bridgehead atoms. The second kappa shape index (κ2) is 6.31. The van der Waals surface area contributed by atoms with Gasteiger partial charge in [-0.3, -0.25) is 0 Å². The molecular weight excluding hydrogens is 266 g/mol. The largest absolute Gasteiger partial charge is 0.310 e. The molecule has 0 saturated carbocycles. The quantitative estimate of drug-likeness (QED) is 0.559. The number of benzene rings is 3. The van der Waals surface area contributed by atoms with Crippen LogP contribution in [0.2, 0.25) is 0 Å². The van der Waals surface area contributed by atoms with Gasteiger partial charge in [0.25, 0.3) is 0 Å².